The third-order valence-corrected chi connectivity index (χ3v) is 2.88. The molecule has 0 saturated carbocycles. The Morgan fingerprint density at radius 1 is 1.47 bits per heavy atom. The first-order chi connectivity index (χ1) is 9.15. The Balaban J connectivity index is 2.18. The van der Waals surface area contributed by atoms with E-state index in [0.717, 1.165) is 0 Å². The maximum Gasteiger partial charge on any atom is 0.314 e. The van der Waals surface area contributed by atoms with Crippen molar-refractivity contribution in [3.8, 4) is 0 Å². The molecular weight excluding hydrogens is 272 g/mol. The number of carbonyl (C=O) groups excluding carboxylic acids is 1. The molecule has 19 heavy (non-hydrogen) atoms. The second-order valence-electron chi connectivity index (χ2n) is 3.36. The first-order valence-electron chi connectivity index (χ1n) is 5.45. The molecule has 10 heteroatoms. The number of nitrogens with one attached hydrogen (secondary N) is 3. The van der Waals surface area contributed by atoms with Crippen molar-refractivity contribution in [3.63, 3.8) is 0 Å². The van der Waals surface area contributed by atoms with Gasteiger partial charge >= 0.3 is 6.03 Å². The monoisotopic (exact) mass is 288 g/mol. The molecule has 0 saturated heterocycles. The van der Waals surface area contributed by atoms with E-state index in [2.05, 4.69) is 25.6 Å². The van der Waals surface area contributed by atoms with Crippen LogP contribution in [0.25, 0.3) is 0 Å². The lowest BCUT2D eigenvalue weighted by atomic mass is 10.4. The molecule has 0 bridgehead atoms. The summed E-state index contributed by atoms with van der Waals surface area (Å²) < 4.78 is 9.29. The second-order valence-corrected chi connectivity index (χ2v) is 4.44. The average Bonchev–Trinajstić information content (AvgIpc) is 2.83. The Kier molecular flexibility index (Phi) is 6.68. The number of nitrogens with zero attached hydrogens (tertiary/aromatic N) is 2. The van der Waals surface area contributed by atoms with Crippen molar-refractivity contribution in [1.29, 1.82) is 5.41 Å². The zero-order valence-electron chi connectivity index (χ0n) is 10.4. The van der Waals surface area contributed by atoms with Gasteiger partial charge in [0.25, 0.3) is 0 Å². The summed E-state index contributed by atoms with van der Waals surface area (Å²) in [5.41, 5.74) is 5.51. The van der Waals surface area contributed by atoms with Crippen LogP contribution in [0.15, 0.2) is 9.65 Å². The Morgan fingerprint density at radius 3 is 2.89 bits per heavy atom. The third-order valence-electron chi connectivity index (χ3n) is 1.93. The number of hydrogen-bond acceptors (Lipinski definition) is 7. The summed E-state index contributed by atoms with van der Waals surface area (Å²) in [6.07, 6.45) is 0. The van der Waals surface area contributed by atoms with Crippen molar-refractivity contribution in [1.82, 2.24) is 20.9 Å². The first kappa shape index (κ1) is 15.2. The number of methoxy groups -OCH3 is 1. The molecule has 0 fully saturated rings. The first-order valence-corrected chi connectivity index (χ1v) is 6.44. The molecule has 0 spiro atoms. The Morgan fingerprint density at radius 2 is 2.21 bits per heavy atom. The lowest BCUT2D eigenvalue weighted by Crippen LogP contribution is -2.38. The number of rotatable bonds is 8. The second kappa shape index (κ2) is 8.32. The summed E-state index contributed by atoms with van der Waals surface area (Å²) in [4.78, 5) is 11.3. The molecule has 0 aliphatic heterocycles. The van der Waals surface area contributed by atoms with E-state index in [-0.39, 0.29) is 17.6 Å². The highest BCUT2D eigenvalue weighted by molar-refractivity contribution is 7.99. The average molecular weight is 288 g/mol. The van der Waals surface area contributed by atoms with Gasteiger partial charge in [-0.3, -0.25) is 5.41 Å². The fourth-order valence-corrected chi connectivity index (χ4v) is 1.85. The molecule has 1 rings (SSSR count). The van der Waals surface area contributed by atoms with Crippen molar-refractivity contribution in [2.45, 2.75) is 5.03 Å². The van der Waals surface area contributed by atoms with E-state index in [1.807, 2.05) is 0 Å². The molecular formula is C9H16N6O3S. The van der Waals surface area contributed by atoms with Crippen LogP contribution in [-0.2, 0) is 4.74 Å². The maximum atomic E-state index is 11.3. The van der Waals surface area contributed by atoms with E-state index in [1.165, 1.54) is 11.8 Å². The van der Waals surface area contributed by atoms with Crippen molar-refractivity contribution in [2.24, 2.45) is 5.73 Å². The summed E-state index contributed by atoms with van der Waals surface area (Å²) in [5.74, 6) is 0.362. The predicted octanol–water partition coefficient (Wildman–Crippen LogP) is -0.609. The summed E-state index contributed by atoms with van der Waals surface area (Å²) >= 11 is 1.30. The molecule has 1 heterocycles. The number of ether oxygens (including phenoxy) is 1. The molecule has 0 radical (unpaired) electrons. The Bertz CT molecular complexity index is 424. The van der Waals surface area contributed by atoms with Gasteiger partial charge in [0.15, 0.2) is 10.7 Å². The van der Waals surface area contributed by atoms with Gasteiger partial charge in [0, 0.05) is 26.0 Å². The topological polar surface area (TPSA) is 139 Å². The highest BCUT2D eigenvalue weighted by Crippen LogP contribution is 2.17. The molecule has 0 atom stereocenters. The van der Waals surface area contributed by atoms with Crippen LogP contribution in [0.1, 0.15) is 5.69 Å². The third kappa shape index (κ3) is 5.57. The summed E-state index contributed by atoms with van der Waals surface area (Å²) in [6, 6.07) is -0.261. The number of hydrogen-bond donors (Lipinski definition) is 4. The number of amides is 2. The van der Waals surface area contributed by atoms with Gasteiger partial charge in [-0.2, -0.15) is 0 Å². The molecule has 9 nitrogen and oxygen atoms in total. The van der Waals surface area contributed by atoms with Crippen LogP contribution in [0.4, 0.5) is 4.79 Å². The smallest absolute Gasteiger partial charge is 0.314 e. The maximum absolute atomic E-state index is 11.3. The molecule has 2 amide bonds. The summed E-state index contributed by atoms with van der Waals surface area (Å²) in [7, 11) is 1.56. The van der Waals surface area contributed by atoms with Crippen LogP contribution in [0.3, 0.4) is 0 Å². The van der Waals surface area contributed by atoms with Gasteiger partial charge in [0.2, 0.25) is 0 Å². The van der Waals surface area contributed by atoms with Gasteiger partial charge in [0.05, 0.1) is 6.61 Å². The summed E-state index contributed by atoms with van der Waals surface area (Å²) in [5, 5.41) is 20.1. The Hall–Kier alpha value is -1.81. The molecule has 0 unspecified atom stereocenters. The van der Waals surface area contributed by atoms with Crippen LogP contribution in [-0.4, -0.2) is 54.7 Å². The van der Waals surface area contributed by atoms with E-state index in [0.29, 0.717) is 30.5 Å². The number of urea groups is 1. The standard InChI is InChI=1S/C9H16N6O3S/c1-17-4-2-12-9(16)13-3-5-19-8-6(7(10)11)14-18-15-8/h2-5H2,1H3,(H3,10,11)(H2,12,13,16). The highest BCUT2D eigenvalue weighted by atomic mass is 32.2. The fraction of sp³-hybridized carbons (Fsp3) is 0.556. The quantitative estimate of drug-likeness (QED) is 0.216. The molecule has 0 aromatic carbocycles. The summed E-state index contributed by atoms with van der Waals surface area (Å²) in [6.45, 7) is 1.36. The molecule has 106 valence electrons. The van der Waals surface area contributed by atoms with Crippen LogP contribution in [0.5, 0.6) is 0 Å². The minimum absolute atomic E-state index is 0.200. The lowest BCUT2D eigenvalue weighted by molar-refractivity contribution is 0.196. The van der Waals surface area contributed by atoms with Crippen molar-refractivity contribution in [2.75, 3.05) is 32.6 Å². The largest absolute Gasteiger partial charge is 0.383 e. The van der Waals surface area contributed by atoms with E-state index in [1.54, 1.807) is 7.11 Å². The van der Waals surface area contributed by atoms with E-state index in [4.69, 9.17) is 15.9 Å². The van der Waals surface area contributed by atoms with E-state index >= 15 is 0 Å². The Labute approximate surface area is 114 Å². The number of nitrogen functional groups attached to an aromatic ring is 1. The van der Waals surface area contributed by atoms with Crippen LogP contribution in [0.2, 0.25) is 0 Å². The number of amidine groups is 1. The van der Waals surface area contributed by atoms with Gasteiger partial charge in [-0.15, -0.1) is 0 Å². The molecule has 5 N–H and O–H groups in total. The van der Waals surface area contributed by atoms with Gasteiger partial charge in [0.1, 0.15) is 5.84 Å². The minimum atomic E-state index is -0.261. The number of thioether (sulfide) groups is 1. The zero-order chi connectivity index (χ0) is 14.1. The zero-order valence-corrected chi connectivity index (χ0v) is 11.2. The van der Waals surface area contributed by atoms with E-state index in [9.17, 15) is 4.79 Å². The van der Waals surface area contributed by atoms with E-state index < -0.39 is 0 Å². The molecule has 1 aromatic rings. The van der Waals surface area contributed by atoms with Crippen LogP contribution in [0, 0.1) is 5.41 Å². The predicted molar refractivity (Wildman–Crippen MR) is 69.3 cm³/mol. The SMILES string of the molecule is COCCNC(=O)NCCSc1nonc1C(=N)N. The van der Waals surface area contributed by atoms with Gasteiger partial charge in [-0.25, -0.2) is 9.42 Å². The normalized spacial score (nSPS) is 10.2. The number of aromatic nitrogens is 2. The number of carbonyl (C=O) groups is 1. The van der Waals surface area contributed by atoms with Crippen LogP contribution >= 0.6 is 11.8 Å². The van der Waals surface area contributed by atoms with Crippen molar-refractivity contribution in [3.05, 3.63) is 5.69 Å². The van der Waals surface area contributed by atoms with Crippen molar-refractivity contribution < 1.29 is 14.2 Å². The minimum Gasteiger partial charge on any atom is -0.383 e. The van der Waals surface area contributed by atoms with Crippen molar-refractivity contribution >= 4 is 23.6 Å². The molecule has 1 aromatic heterocycles. The lowest BCUT2D eigenvalue weighted by Gasteiger charge is -2.06. The number of nitrogens with two attached hydrogens (primary N) is 1. The fourth-order valence-electron chi connectivity index (χ4n) is 1.08. The molecule has 0 aliphatic rings. The molecule has 0 aliphatic carbocycles. The van der Waals surface area contributed by atoms with Crippen LogP contribution < -0.4 is 16.4 Å². The van der Waals surface area contributed by atoms with Gasteiger partial charge in [-0.05, 0) is 10.3 Å². The highest BCUT2D eigenvalue weighted by Gasteiger charge is 2.12. The van der Waals surface area contributed by atoms with Gasteiger partial charge < -0.3 is 21.1 Å². The van der Waals surface area contributed by atoms with Gasteiger partial charge in [-0.1, -0.05) is 11.8 Å².